The smallest absolute Gasteiger partial charge is 0.340 e. The molecule has 0 saturated carbocycles. The number of anilines is 1. The van der Waals surface area contributed by atoms with E-state index in [-0.39, 0.29) is 5.78 Å². The molecule has 0 aliphatic rings. The summed E-state index contributed by atoms with van der Waals surface area (Å²) in [5, 5.41) is 2.68. The summed E-state index contributed by atoms with van der Waals surface area (Å²) in [7, 11) is 0. The van der Waals surface area contributed by atoms with Crippen LogP contribution in [0.2, 0.25) is 0 Å². The van der Waals surface area contributed by atoms with Gasteiger partial charge >= 0.3 is 5.97 Å². The highest BCUT2D eigenvalue weighted by molar-refractivity contribution is 5.99. The van der Waals surface area contributed by atoms with Crippen molar-refractivity contribution in [3.8, 4) is 5.69 Å². The van der Waals surface area contributed by atoms with E-state index in [2.05, 4.69) is 5.32 Å². The van der Waals surface area contributed by atoms with Crippen molar-refractivity contribution in [2.45, 2.75) is 33.8 Å². The van der Waals surface area contributed by atoms with Crippen LogP contribution in [0.4, 0.5) is 5.69 Å². The first-order valence-electron chi connectivity index (χ1n) is 9.65. The van der Waals surface area contributed by atoms with Crippen molar-refractivity contribution in [1.29, 1.82) is 0 Å². The summed E-state index contributed by atoms with van der Waals surface area (Å²) in [4.78, 5) is 36.7. The average Bonchev–Trinajstić information content (AvgIpc) is 3.02. The number of nitrogens with one attached hydrogen (secondary N) is 1. The predicted molar refractivity (Wildman–Crippen MR) is 115 cm³/mol. The van der Waals surface area contributed by atoms with Crippen LogP contribution in [0, 0.1) is 13.8 Å². The van der Waals surface area contributed by atoms with Crippen LogP contribution in [0.25, 0.3) is 5.69 Å². The molecule has 0 saturated heterocycles. The molecule has 6 nitrogen and oxygen atoms in total. The summed E-state index contributed by atoms with van der Waals surface area (Å²) >= 11 is 0. The first-order chi connectivity index (χ1) is 14.3. The van der Waals surface area contributed by atoms with Crippen LogP contribution in [0.5, 0.6) is 0 Å². The maximum atomic E-state index is 12.7. The van der Waals surface area contributed by atoms with Crippen molar-refractivity contribution in [3.63, 3.8) is 0 Å². The highest BCUT2D eigenvalue weighted by Crippen LogP contribution is 2.22. The third kappa shape index (κ3) is 4.49. The minimum Gasteiger partial charge on any atom is -0.449 e. The molecule has 6 heteroatoms. The monoisotopic (exact) mass is 404 g/mol. The van der Waals surface area contributed by atoms with E-state index >= 15 is 0 Å². The molecular weight excluding hydrogens is 380 g/mol. The Kier molecular flexibility index (Phi) is 6.16. The minimum atomic E-state index is -1.00. The lowest BCUT2D eigenvalue weighted by atomic mass is 10.1. The molecule has 0 aliphatic carbocycles. The molecule has 0 radical (unpaired) electrons. The number of carbonyl (C=O) groups is 3. The Morgan fingerprint density at radius 1 is 0.967 bits per heavy atom. The summed E-state index contributed by atoms with van der Waals surface area (Å²) in [5.74, 6) is -1.13. The molecule has 0 bridgehead atoms. The van der Waals surface area contributed by atoms with E-state index in [1.165, 1.54) is 13.8 Å². The molecular formula is C24H24N2O4. The van der Waals surface area contributed by atoms with Crippen molar-refractivity contribution in [2.24, 2.45) is 0 Å². The van der Waals surface area contributed by atoms with Crippen LogP contribution in [0.1, 0.15) is 46.0 Å². The van der Waals surface area contributed by atoms with Crippen LogP contribution >= 0.6 is 0 Å². The van der Waals surface area contributed by atoms with Crippen LogP contribution in [0.15, 0.2) is 60.7 Å². The van der Waals surface area contributed by atoms with Crippen molar-refractivity contribution in [2.75, 3.05) is 5.32 Å². The van der Waals surface area contributed by atoms with Gasteiger partial charge in [-0.05, 0) is 58.0 Å². The molecule has 2 aromatic carbocycles. The molecule has 1 N–H and O–H groups in total. The van der Waals surface area contributed by atoms with Crippen molar-refractivity contribution >= 4 is 23.3 Å². The quantitative estimate of drug-likeness (QED) is 0.485. The number of ketones is 1. The first-order valence-corrected chi connectivity index (χ1v) is 9.65. The Balaban J connectivity index is 1.72. The van der Waals surface area contributed by atoms with Gasteiger partial charge < -0.3 is 14.6 Å². The SMILES string of the molecule is CC(=O)c1cccc(NC(=O)C(C)OC(=O)c2cc(C)n(-c3ccccc3)c2C)c1. The number of ether oxygens (including phenoxy) is 1. The second-order valence-corrected chi connectivity index (χ2v) is 7.13. The molecule has 3 aromatic rings. The number of para-hydroxylation sites is 1. The number of Topliss-reactive ketones (excluding diaryl/α,β-unsaturated/α-hetero) is 1. The van der Waals surface area contributed by atoms with E-state index in [9.17, 15) is 14.4 Å². The number of hydrogen-bond acceptors (Lipinski definition) is 4. The van der Waals surface area contributed by atoms with E-state index < -0.39 is 18.0 Å². The predicted octanol–water partition coefficient (Wildman–Crippen LogP) is 4.48. The standard InChI is InChI=1S/C24H24N2O4/c1-15-13-22(16(2)26(15)21-11-6-5-7-12-21)24(29)30-18(4)23(28)25-20-10-8-9-19(14-20)17(3)27/h5-14,18H,1-4H3,(H,25,28). The lowest BCUT2D eigenvalue weighted by Crippen LogP contribution is -2.30. The van der Waals surface area contributed by atoms with E-state index in [0.717, 1.165) is 17.1 Å². The second kappa shape index (κ2) is 8.78. The zero-order valence-electron chi connectivity index (χ0n) is 17.4. The number of hydrogen-bond donors (Lipinski definition) is 1. The molecule has 0 aliphatic heterocycles. The number of aryl methyl sites for hydroxylation is 1. The van der Waals surface area contributed by atoms with Gasteiger partial charge in [0.2, 0.25) is 0 Å². The molecule has 3 rings (SSSR count). The normalized spacial score (nSPS) is 11.6. The number of benzene rings is 2. The van der Waals surface area contributed by atoms with Gasteiger partial charge in [-0.1, -0.05) is 30.3 Å². The molecule has 0 spiro atoms. The molecule has 1 amide bonds. The Labute approximate surface area is 175 Å². The fraction of sp³-hybridized carbons (Fsp3) is 0.208. The van der Waals surface area contributed by atoms with Gasteiger partial charge in [0.1, 0.15) is 0 Å². The van der Waals surface area contributed by atoms with Gasteiger partial charge in [-0.15, -0.1) is 0 Å². The summed E-state index contributed by atoms with van der Waals surface area (Å²) < 4.78 is 7.37. The Morgan fingerprint density at radius 2 is 1.67 bits per heavy atom. The summed E-state index contributed by atoms with van der Waals surface area (Å²) in [6.45, 7) is 6.72. The average molecular weight is 404 g/mol. The molecule has 1 atom stereocenters. The van der Waals surface area contributed by atoms with E-state index in [0.29, 0.717) is 16.8 Å². The minimum absolute atomic E-state index is 0.0978. The van der Waals surface area contributed by atoms with Crippen LogP contribution in [-0.2, 0) is 9.53 Å². The number of carbonyl (C=O) groups excluding carboxylic acids is 3. The highest BCUT2D eigenvalue weighted by Gasteiger charge is 2.23. The largest absolute Gasteiger partial charge is 0.449 e. The zero-order valence-corrected chi connectivity index (χ0v) is 17.4. The van der Waals surface area contributed by atoms with E-state index in [1.54, 1.807) is 30.3 Å². The van der Waals surface area contributed by atoms with Crippen molar-refractivity contribution in [3.05, 3.63) is 83.2 Å². The number of aromatic nitrogens is 1. The third-order valence-electron chi connectivity index (χ3n) is 4.86. The Morgan fingerprint density at radius 3 is 2.33 bits per heavy atom. The van der Waals surface area contributed by atoms with Gasteiger partial charge in [0.25, 0.3) is 5.91 Å². The van der Waals surface area contributed by atoms with Gasteiger partial charge in [-0.25, -0.2) is 4.79 Å². The van der Waals surface area contributed by atoms with Gasteiger partial charge in [0.15, 0.2) is 11.9 Å². The third-order valence-corrected chi connectivity index (χ3v) is 4.86. The zero-order chi connectivity index (χ0) is 21.8. The molecule has 0 fully saturated rings. The fourth-order valence-electron chi connectivity index (χ4n) is 3.28. The molecule has 1 aromatic heterocycles. The topological polar surface area (TPSA) is 77.4 Å². The summed E-state index contributed by atoms with van der Waals surface area (Å²) in [6, 6.07) is 18.1. The van der Waals surface area contributed by atoms with E-state index in [1.807, 2.05) is 48.7 Å². The Bertz CT molecular complexity index is 1100. The van der Waals surface area contributed by atoms with Gasteiger partial charge in [0.05, 0.1) is 5.56 Å². The van der Waals surface area contributed by atoms with Crippen molar-refractivity contribution in [1.82, 2.24) is 4.57 Å². The highest BCUT2D eigenvalue weighted by atomic mass is 16.5. The van der Waals surface area contributed by atoms with Gasteiger partial charge in [-0.3, -0.25) is 9.59 Å². The molecule has 1 unspecified atom stereocenters. The number of nitrogens with zero attached hydrogens (tertiary/aromatic N) is 1. The van der Waals surface area contributed by atoms with Crippen LogP contribution < -0.4 is 5.32 Å². The number of amides is 1. The maximum absolute atomic E-state index is 12.7. The number of rotatable bonds is 6. The molecule has 1 heterocycles. The number of esters is 1. The van der Waals surface area contributed by atoms with Crippen LogP contribution in [-0.4, -0.2) is 28.3 Å². The Hall–Kier alpha value is -3.67. The van der Waals surface area contributed by atoms with Crippen molar-refractivity contribution < 1.29 is 19.1 Å². The maximum Gasteiger partial charge on any atom is 0.340 e. The van der Waals surface area contributed by atoms with E-state index in [4.69, 9.17) is 4.74 Å². The molecule has 154 valence electrons. The first kappa shape index (κ1) is 21.0. The lowest BCUT2D eigenvalue weighted by molar-refractivity contribution is -0.123. The summed E-state index contributed by atoms with van der Waals surface area (Å²) in [5.41, 5.74) is 3.95. The fourth-order valence-corrected chi connectivity index (χ4v) is 3.28. The lowest BCUT2D eigenvalue weighted by Gasteiger charge is -2.14. The van der Waals surface area contributed by atoms with Crippen LogP contribution in [0.3, 0.4) is 0 Å². The van der Waals surface area contributed by atoms with Gasteiger partial charge in [0, 0.05) is 28.3 Å². The molecule has 30 heavy (non-hydrogen) atoms. The summed E-state index contributed by atoms with van der Waals surface area (Å²) in [6.07, 6.45) is -1.00. The van der Waals surface area contributed by atoms with Gasteiger partial charge in [-0.2, -0.15) is 0 Å². The second-order valence-electron chi connectivity index (χ2n) is 7.13.